The number of halogens is 2. The monoisotopic (exact) mass is 416 g/mol. The van der Waals surface area contributed by atoms with Crippen molar-refractivity contribution >= 4 is 17.5 Å². The largest absolute Gasteiger partial charge is 0.352 e. The van der Waals surface area contributed by atoms with E-state index in [4.69, 9.17) is 11.6 Å². The summed E-state index contributed by atoms with van der Waals surface area (Å²) in [7, 11) is 0. The summed E-state index contributed by atoms with van der Waals surface area (Å²) < 4.78 is 15.9. The molecule has 0 aliphatic rings. The predicted molar refractivity (Wildman–Crippen MR) is 107 cm³/mol. The van der Waals surface area contributed by atoms with Gasteiger partial charge in [-0.25, -0.2) is 9.18 Å². The maximum atomic E-state index is 14.3. The van der Waals surface area contributed by atoms with E-state index in [2.05, 4.69) is 10.4 Å². The number of benzene rings is 2. The van der Waals surface area contributed by atoms with Gasteiger partial charge in [0, 0.05) is 11.6 Å². The van der Waals surface area contributed by atoms with Crippen LogP contribution in [0.2, 0.25) is 5.02 Å². The maximum absolute atomic E-state index is 14.3. The zero-order chi connectivity index (χ0) is 21.0. The number of rotatable bonds is 6. The van der Waals surface area contributed by atoms with Crippen LogP contribution in [0.4, 0.5) is 4.39 Å². The van der Waals surface area contributed by atoms with Gasteiger partial charge in [-0.15, -0.1) is 0 Å². The van der Waals surface area contributed by atoms with Gasteiger partial charge in [0.15, 0.2) is 0 Å². The molecule has 1 N–H and O–H groups in total. The number of nitrogens with one attached hydrogen (secondary N) is 1. The van der Waals surface area contributed by atoms with E-state index in [1.165, 1.54) is 18.2 Å². The molecule has 150 valence electrons. The molecular weight excluding hydrogens is 399 g/mol. The molecule has 0 aliphatic heterocycles. The van der Waals surface area contributed by atoms with Gasteiger partial charge in [0.25, 0.3) is 11.5 Å². The molecule has 0 bridgehead atoms. The van der Waals surface area contributed by atoms with Gasteiger partial charge in [-0.2, -0.15) is 9.78 Å². The van der Waals surface area contributed by atoms with Crippen LogP contribution in [0.3, 0.4) is 0 Å². The van der Waals surface area contributed by atoms with Crippen LogP contribution in [0.15, 0.2) is 58.1 Å². The molecule has 0 fully saturated rings. The number of carbonyl (C=O) groups excluding carboxylic acids is 1. The number of carbonyl (C=O) groups is 1. The number of para-hydroxylation sites is 1. The van der Waals surface area contributed by atoms with Gasteiger partial charge >= 0.3 is 5.69 Å². The van der Waals surface area contributed by atoms with Gasteiger partial charge in [0.2, 0.25) is 5.69 Å². The standard InChI is InChI=1S/C20H18ClFN4O3/c1-2-10-23-18(27)17-19(28)25(12-13-6-5-7-14(21)11-13)20(29)26(24-17)16-9-4-3-8-15(16)22/h3-9,11H,2,10,12H2,1H3,(H,23,27). The van der Waals surface area contributed by atoms with Crippen LogP contribution in [0.5, 0.6) is 0 Å². The summed E-state index contributed by atoms with van der Waals surface area (Å²) in [6.45, 7) is 2.03. The second-order valence-electron chi connectivity index (χ2n) is 6.27. The van der Waals surface area contributed by atoms with Crippen molar-refractivity contribution in [3.8, 4) is 5.69 Å². The molecule has 29 heavy (non-hydrogen) atoms. The molecule has 0 unspecified atom stereocenters. The third kappa shape index (κ3) is 4.43. The molecule has 3 aromatic rings. The molecule has 0 spiro atoms. The quantitative estimate of drug-likeness (QED) is 0.668. The highest BCUT2D eigenvalue weighted by molar-refractivity contribution is 6.30. The summed E-state index contributed by atoms with van der Waals surface area (Å²) in [6, 6.07) is 12.1. The molecule has 0 saturated carbocycles. The van der Waals surface area contributed by atoms with Crippen molar-refractivity contribution in [2.24, 2.45) is 0 Å². The lowest BCUT2D eigenvalue weighted by Crippen LogP contribution is -2.46. The minimum Gasteiger partial charge on any atom is -0.350 e. The average molecular weight is 417 g/mol. The van der Waals surface area contributed by atoms with Gasteiger partial charge < -0.3 is 5.32 Å². The Labute approximate surface area is 170 Å². The summed E-state index contributed by atoms with van der Waals surface area (Å²) in [5.74, 6) is -1.45. The number of aromatic nitrogens is 3. The van der Waals surface area contributed by atoms with Crippen molar-refractivity contribution in [3.05, 3.63) is 91.5 Å². The second-order valence-corrected chi connectivity index (χ2v) is 6.71. The Bertz CT molecular complexity index is 1170. The van der Waals surface area contributed by atoms with Gasteiger partial charge in [-0.05, 0) is 36.2 Å². The van der Waals surface area contributed by atoms with E-state index in [0.717, 1.165) is 15.3 Å². The van der Waals surface area contributed by atoms with Crippen molar-refractivity contribution < 1.29 is 9.18 Å². The Balaban J connectivity index is 2.22. The summed E-state index contributed by atoms with van der Waals surface area (Å²) >= 11 is 5.98. The van der Waals surface area contributed by atoms with Crippen molar-refractivity contribution in [2.45, 2.75) is 19.9 Å². The minimum absolute atomic E-state index is 0.150. The Hall–Kier alpha value is -3.26. The summed E-state index contributed by atoms with van der Waals surface area (Å²) in [6.07, 6.45) is 0.648. The molecule has 0 atom stereocenters. The third-order valence-electron chi connectivity index (χ3n) is 4.12. The first-order valence-electron chi connectivity index (χ1n) is 8.94. The zero-order valence-corrected chi connectivity index (χ0v) is 16.3. The van der Waals surface area contributed by atoms with Gasteiger partial charge in [-0.1, -0.05) is 42.8 Å². The number of nitrogens with zero attached hydrogens (tertiary/aromatic N) is 3. The van der Waals surface area contributed by atoms with Crippen molar-refractivity contribution in [3.63, 3.8) is 0 Å². The van der Waals surface area contributed by atoms with E-state index in [-0.39, 0.29) is 12.2 Å². The molecule has 0 radical (unpaired) electrons. The highest BCUT2D eigenvalue weighted by Gasteiger charge is 2.21. The van der Waals surface area contributed by atoms with Crippen LogP contribution in [-0.2, 0) is 6.54 Å². The molecule has 7 nitrogen and oxygen atoms in total. The van der Waals surface area contributed by atoms with Crippen LogP contribution < -0.4 is 16.6 Å². The fraction of sp³-hybridized carbons (Fsp3) is 0.200. The molecule has 0 aliphatic carbocycles. The van der Waals surface area contributed by atoms with Crippen molar-refractivity contribution in [1.82, 2.24) is 19.7 Å². The van der Waals surface area contributed by atoms with Gasteiger partial charge in [-0.3, -0.25) is 14.2 Å². The lowest BCUT2D eigenvalue weighted by atomic mass is 10.2. The Morgan fingerprint density at radius 2 is 1.93 bits per heavy atom. The summed E-state index contributed by atoms with van der Waals surface area (Å²) in [4.78, 5) is 38.3. The number of hydrogen-bond acceptors (Lipinski definition) is 4. The molecule has 1 amide bonds. The highest BCUT2D eigenvalue weighted by atomic mass is 35.5. The van der Waals surface area contributed by atoms with E-state index in [1.54, 1.807) is 24.3 Å². The zero-order valence-electron chi connectivity index (χ0n) is 15.6. The van der Waals surface area contributed by atoms with Gasteiger partial charge in [0.05, 0.1) is 6.54 Å². The number of hydrogen-bond donors (Lipinski definition) is 1. The van der Waals surface area contributed by atoms with Gasteiger partial charge in [0.1, 0.15) is 11.5 Å². The summed E-state index contributed by atoms with van der Waals surface area (Å²) in [5, 5.41) is 6.86. The van der Waals surface area contributed by atoms with Crippen LogP contribution in [0.25, 0.3) is 5.69 Å². The topological polar surface area (TPSA) is 86.0 Å². The first kappa shape index (κ1) is 20.5. The Morgan fingerprint density at radius 1 is 1.17 bits per heavy atom. The van der Waals surface area contributed by atoms with E-state index in [9.17, 15) is 18.8 Å². The SMILES string of the molecule is CCCNC(=O)c1nn(-c2ccccc2F)c(=O)n(Cc2cccc(Cl)c2)c1=O. The highest BCUT2D eigenvalue weighted by Crippen LogP contribution is 2.12. The first-order valence-corrected chi connectivity index (χ1v) is 9.32. The lowest BCUT2D eigenvalue weighted by Gasteiger charge is -2.13. The fourth-order valence-corrected chi connectivity index (χ4v) is 2.93. The molecule has 1 heterocycles. The van der Waals surface area contributed by atoms with E-state index >= 15 is 0 Å². The summed E-state index contributed by atoms with van der Waals surface area (Å²) in [5.41, 5.74) is -1.82. The first-order chi connectivity index (χ1) is 13.9. The predicted octanol–water partition coefficient (Wildman–Crippen LogP) is 2.37. The molecule has 9 heteroatoms. The van der Waals surface area contributed by atoms with E-state index < -0.39 is 28.7 Å². The minimum atomic E-state index is -0.868. The van der Waals surface area contributed by atoms with Crippen LogP contribution >= 0.6 is 11.6 Å². The number of amides is 1. The lowest BCUT2D eigenvalue weighted by molar-refractivity contribution is 0.0943. The normalized spacial score (nSPS) is 10.7. The van der Waals surface area contributed by atoms with Crippen LogP contribution in [0.1, 0.15) is 29.4 Å². The smallest absolute Gasteiger partial charge is 0.350 e. The van der Waals surface area contributed by atoms with E-state index in [1.807, 2.05) is 6.92 Å². The average Bonchev–Trinajstić information content (AvgIpc) is 2.70. The Morgan fingerprint density at radius 3 is 2.62 bits per heavy atom. The van der Waals surface area contributed by atoms with Crippen LogP contribution in [-0.4, -0.2) is 26.8 Å². The Kier molecular flexibility index (Phi) is 6.23. The third-order valence-corrected chi connectivity index (χ3v) is 4.36. The molecule has 1 aromatic heterocycles. The molecule has 3 rings (SSSR count). The van der Waals surface area contributed by atoms with Crippen molar-refractivity contribution in [2.75, 3.05) is 6.54 Å². The fourth-order valence-electron chi connectivity index (χ4n) is 2.72. The maximum Gasteiger partial charge on any atom is 0.352 e. The molecule has 0 saturated heterocycles. The molecular formula is C20H18ClFN4O3. The van der Waals surface area contributed by atoms with Crippen LogP contribution in [0, 0.1) is 5.82 Å². The van der Waals surface area contributed by atoms with E-state index in [0.29, 0.717) is 23.6 Å². The molecule has 2 aromatic carbocycles. The second kappa shape index (κ2) is 8.83. The van der Waals surface area contributed by atoms with Crippen molar-refractivity contribution in [1.29, 1.82) is 0 Å².